The van der Waals surface area contributed by atoms with Crippen LogP contribution in [0.15, 0.2) is 30.5 Å². The molecule has 0 saturated heterocycles. The number of rotatable bonds is 3. The van der Waals surface area contributed by atoms with Crippen LogP contribution in [0.2, 0.25) is 0 Å². The highest BCUT2D eigenvalue weighted by atomic mass is 19.1. The molecule has 0 fully saturated rings. The van der Waals surface area contributed by atoms with Crippen molar-refractivity contribution in [2.45, 2.75) is 20.4 Å². The van der Waals surface area contributed by atoms with E-state index in [1.54, 1.807) is 12.3 Å². The first-order chi connectivity index (χ1) is 8.16. The third kappa shape index (κ3) is 2.78. The number of aryl methyl sites for hydroxylation is 2. The molecule has 0 bridgehead atoms. The summed E-state index contributed by atoms with van der Waals surface area (Å²) in [5, 5.41) is 3.06. The lowest BCUT2D eigenvalue weighted by atomic mass is 10.2. The molecule has 0 radical (unpaired) electrons. The molecule has 0 saturated carbocycles. The molecular formula is C13H14FN3. The second-order valence-electron chi connectivity index (χ2n) is 3.88. The van der Waals surface area contributed by atoms with Gasteiger partial charge in [0.2, 0.25) is 0 Å². The van der Waals surface area contributed by atoms with E-state index in [0.29, 0.717) is 12.2 Å². The van der Waals surface area contributed by atoms with Crippen LogP contribution in [-0.4, -0.2) is 9.97 Å². The van der Waals surface area contributed by atoms with Gasteiger partial charge in [-0.1, -0.05) is 12.1 Å². The van der Waals surface area contributed by atoms with Gasteiger partial charge in [0, 0.05) is 6.20 Å². The highest BCUT2D eigenvalue weighted by molar-refractivity contribution is 5.51. The van der Waals surface area contributed by atoms with Gasteiger partial charge in [0.15, 0.2) is 0 Å². The molecular weight excluding hydrogens is 217 g/mol. The number of para-hydroxylation sites is 1. The number of hydrogen-bond acceptors (Lipinski definition) is 3. The second-order valence-corrected chi connectivity index (χ2v) is 3.88. The topological polar surface area (TPSA) is 37.8 Å². The van der Waals surface area contributed by atoms with E-state index in [2.05, 4.69) is 15.3 Å². The minimum atomic E-state index is -0.240. The highest BCUT2D eigenvalue weighted by Gasteiger charge is 2.04. The van der Waals surface area contributed by atoms with Gasteiger partial charge in [-0.15, -0.1) is 0 Å². The fourth-order valence-corrected chi connectivity index (χ4v) is 1.64. The number of aromatic nitrogens is 2. The zero-order valence-electron chi connectivity index (χ0n) is 9.87. The minimum absolute atomic E-state index is 0.240. The molecule has 0 atom stereocenters. The number of anilines is 1. The van der Waals surface area contributed by atoms with Crippen molar-refractivity contribution < 1.29 is 4.39 Å². The Balaban J connectivity index is 2.13. The van der Waals surface area contributed by atoms with Gasteiger partial charge in [0.05, 0.1) is 17.9 Å². The van der Waals surface area contributed by atoms with E-state index in [-0.39, 0.29) is 5.82 Å². The van der Waals surface area contributed by atoms with Crippen molar-refractivity contribution in [3.8, 4) is 0 Å². The van der Waals surface area contributed by atoms with Crippen molar-refractivity contribution in [2.75, 3.05) is 5.32 Å². The van der Waals surface area contributed by atoms with Crippen molar-refractivity contribution in [2.24, 2.45) is 0 Å². The summed E-state index contributed by atoms with van der Waals surface area (Å²) in [6.45, 7) is 4.19. The van der Waals surface area contributed by atoms with Crippen LogP contribution in [0.3, 0.4) is 0 Å². The molecule has 1 aromatic heterocycles. The maximum Gasteiger partial charge on any atom is 0.146 e. The Kier molecular flexibility index (Phi) is 3.32. The molecule has 2 aromatic rings. The monoisotopic (exact) mass is 231 g/mol. The minimum Gasteiger partial charge on any atom is -0.377 e. The van der Waals surface area contributed by atoms with Crippen LogP contribution in [0.4, 0.5) is 10.1 Å². The molecule has 1 aromatic carbocycles. The molecule has 4 heteroatoms. The van der Waals surface area contributed by atoms with E-state index in [1.807, 2.05) is 26.0 Å². The quantitative estimate of drug-likeness (QED) is 0.882. The van der Waals surface area contributed by atoms with Crippen LogP contribution in [0, 0.1) is 19.7 Å². The van der Waals surface area contributed by atoms with Crippen LogP contribution < -0.4 is 5.32 Å². The first kappa shape index (κ1) is 11.5. The summed E-state index contributed by atoms with van der Waals surface area (Å²) >= 11 is 0. The average Bonchev–Trinajstić information content (AvgIpc) is 2.28. The zero-order chi connectivity index (χ0) is 12.3. The fraction of sp³-hybridized carbons (Fsp3) is 0.231. The van der Waals surface area contributed by atoms with Gasteiger partial charge < -0.3 is 5.32 Å². The van der Waals surface area contributed by atoms with Gasteiger partial charge in [-0.05, 0) is 31.5 Å². The Bertz CT molecular complexity index is 506. The Labute approximate surface area is 99.7 Å². The molecule has 2 rings (SSSR count). The standard InChI is InChI=1S/C13H14FN3/c1-9-4-3-5-12(14)13(9)16-8-11-6-7-15-10(2)17-11/h3-7,16H,8H2,1-2H3. The lowest BCUT2D eigenvalue weighted by Crippen LogP contribution is -2.05. The SMILES string of the molecule is Cc1nccc(CNc2c(C)cccc2F)n1. The van der Waals surface area contributed by atoms with E-state index in [9.17, 15) is 4.39 Å². The molecule has 3 nitrogen and oxygen atoms in total. The smallest absolute Gasteiger partial charge is 0.146 e. The van der Waals surface area contributed by atoms with Crippen molar-refractivity contribution in [1.29, 1.82) is 0 Å². The lowest BCUT2D eigenvalue weighted by Gasteiger charge is -2.10. The summed E-state index contributed by atoms with van der Waals surface area (Å²) in [5.74, 6) is 0.477. The van der Waals surface area contributed by atoms with Crippen molar-refractivity contribution in [1.82, 2.24) is 9.97 Å². The van der Waals surface area contributed by atoms with Crippen LogP contribution in [0.25, 0.3) is 0 Å². The summed E-state index contributed by atoms with van der Waals surface area (Å²) in [6.07, 6.45) is 1.70. The molecule has 0 aliphatic carbocycles. The van der Waals surface area contributed by atoms with E-state index >= 15 is 0 Å². The highest BCUT2D eigenvalue weighted by Crippen LogP contribution is 2.19. The predicted molar refractivity (Wildman–Crippen MR) is 65.2 cm³/mol. The van der Waals surface area contributed by atoms with Gasteiger partial charge in [-0.2, -0.15) is 0 Å². The molecule has 0 spiro atoms. The number of hydrogen-bond donors (Lipinski definition) is 1. The molecule has 1 N–H and O–H groups in total. The zero-order valence-corrected chi connectivity index (χ0v) is 9.87. The number of halogens is 1. The third-order valence-electron chi connectivity index (χ3n) is 2.50. The normalized spacial score (nSPS) is 10.3. The Morgan fingerprint density at radius 2 is 2.06 bits per heavy atom. The summed E-state index contributed by atoms with van der Waals surface area (Å²) in [4.78, 5) is 8.27. The summed E-state index contributed by atoms with van der Waals surface area (Å²) in [5.41, 5.74) is 2.26. The van der Waals surface area contributed by atoms with Crippen LogP contribution in [-0.2, 0) is 6.54 Å². The maximum atomic E-state index is 13.5. The Morgan fingerprint density at radius 1 is 1.24 bits per heavy atom. The molecule has 17 heavy (non-hydrogen) atoms. The summed E-state index contributed by atoms with van der Waals surface area (Å²) < 4.78 is 13.5. The van der Waals surface area contributed by atoms with Gasteiger partial charge in [0.1, 0.15) is 11.6 Å². The van der Waals surface area contributed by atoms with E-state index in [0.717, 1.165) is 17.1 Å². The second kappa shape index (κ2) is 4.91. The molecule has 1 heterocycles. The predicted octanol–water partition coefficient (Wildman–Crippen LogP) is 2.84. The number of nitrogens with one attached hydrogen (secondary N) is 1. The largest absolute Gasteiger partial charge is 0.377 e. The van der Waals surface area contributed by atoms with Crippen molar-refractivity contribution in [3.63, 3.8) is 0 Å². The first-order valence-electron chi connectivity index (χ1n) is 5.44. The van der Waals surface area contributed by atoms with Crippen molar-refractivity contribution in [3.05, 3.63) is 53.4 Å². The van der Waals surface area contributed by atoms with Gasteiger partial charge in [0.25, 0.3) is 0 Å². The average molecular weight is 231 g/mol. The van der Waals surface area contributed by atoms with Gasteiger partial charge in [-0.3, -0.25) is 0 Å². The molecule has 88 valence electrons. The molecule has 0 aliphatic heterocycles. The summed E-state index contributed by atoms with van der Waals surface area (Å²) in [6, 6.07) is 6.83. The van der Waals surface area contributed by atoms with Crippen LogP contribution >= 0.6 is 0 Å². The first-order valence-corrected chi connectivity index (χ1v) is 5.44. The third-order valence-corrected chi connectivity index (χ3v) is 2.50. The van der Waals surface area contributed by atoms with Gasteiger partial charge in [-0.25, -0.2) is 14.4 Å². The van der Waals surface area contributed by atoms with Crippen molar-refractivity contribution >= 4 is 5.69 Å². The van der Waals surface area contributed by atoms with E-state index < -0.39 is 0 Å². The van der Waals surface area contributed by atoms with Crippen LogP contribution in [0.5, 0.6) is 0 Å². The Morgan fingerprint density at radius 3 is 2.76 bits per heavy atom. The van der Waals surface area contributed by atoms with Gasteiger partial charge >= 0.3 is 0 Å². The molecule has 0 unspecified atom stereocenters. The molecule has 0 amide bonds. The fourth-order valence-electron chi connectivity index (χ4n) is 1.64. The number of nitrogens with zero attached hydrogens (tertiary/aromatic N) is 2. The molecule has 0 aliphatic rings. The van der Waals surface area contributed by atoms with E-state index in [1.165, 1.54) is 6.07 Å². The van der Waals surface area contributed by atoms with E-state index in [4.69, 9.17) is 0 Å². The van der Waals surface area contributed by atoms with Crippen LogP contribution in [0.1, 0.15) is 17.1 Å². The maximum absolute atomic E-state index is 13.5. The summed E-state index contributed by atoms with van der Waals surface area (Å²) in [7, 11) is 0. The Hall–Kier alpha value is -1.97. The lowest BCUT2D eigenvalue weighted by molar-refractivity contribution is 0.629. The number of benzene rings is 1.